The molecule has 4 atom stereocenters. The van der Waals surface area contributed by atoms with Crippen molar-refractivity contribution in [1.29, 1.82) is 0 Å². The fourth-order valence-electron chi connectivity index (χ4n) is 4.86. The molecule has 2 N–H and O–H groups in total. The Morgan fingerprint density at radius 1 is 1.06 bits per heavy atom. The summed E-state index contributed by atoms with van der Waals surface area (Å²) in [7, 11) is 0. The van der Waals surface area contributed by atoms with E-state index in [9.17, 15) is 14.7 Å². The first-order valence-corrected chi connectivity index (χ1v) is 12.4. The van der Waals surface area contributed by atoms with Crippen LogP contribution in [0.15, 0.2) is 18.2 Å². The van der Waals surface area contributed by atoms with Crippen LogP contribution >= 0.6 is 23.2 Å². The molecule has 1 aromatic rings. The van der Waals surface area contributed by atoms with Crippen molar-refractivity contribution in [3.63, 3.8) is 0 Å². The van der Waals surface area contributed by atoms with E-state index < -0.39 is 6.10 Å². The number of aliphatic hydroxyl groups excluding tert-OH is 1. The van der Waals surface area contributed by atoms with Gasteiger partial charge in [-0.1, -0.05) is 23.2 Å². The smallest absolute Gasteiger partial charge is 0.322 e. The number of likely N-dealkylation sites (tertiary alicyclic amines) is 1. The van der Waals surface area contributed by atoms with Crippen LogP contribution < -0.4 is 5.32 Å². The molecule has 182 valence electrons. The molecule has 0 spiro atoms. The average molecular weight is 500 g/mol. The van der Waals surface area contributed by atoms with E-state index in [1.54, 1.807) is 23.1 Å². The van der Waals surface area contributed by atoms with Gasteiger partial charge in [-0.15, -0.1) is 0 Å². The van der Waals surface area contributed by atoms with Crippen LogP contribution in [0.1, 0.15) is 38.5 Å². The molecule has 3 fully saturated rings. The van der Waals surface area contributed by atoms with Gasteiger partial charge in [-0.3, -0.25) is 4.79 Å². The number of carbonyl (C=O) groups excluding carboxylic acids is 2. The highest BCUT2D eigenvalue weighted by Gasteiger charge is 2.40. The number of ether oxygens (including phenoxy) is 2. The van der Waals surface area contributed by atoms with E-state index in [1.165, 1.54) is 6.42 Å². The van der Waals surface area contributed by atoms with Crippen LogP contribution in [0.5, 0.6) is 0 Å². The van der Waals surface area contributed by atoms with E-state index in [2.05, 4.69) is 5.32 Å². The Morgan fingerprint density at radius 2 is 1.79 bits per heavy atom. The molecule has 0 aromatic heterocycles. The lowest BCUT2D eigenvalue weighted by Crippen LogP contribution is -2.58. The lowest BCUT2D eigenvalue weighted by Gasteiger charge is -2.44. The summed E-state index contributed by atoms with van der Waals surface area (Å²) in [5, 5.41) is 14.0. The van der Waals surface area contributed by atoms with Gasteiger partial charge in [0.1, 0.15) is 6.10 Å². The molecule has 3 aliphatic heterocycles. The quantitative estimate of drug-likeness (QED) is 0.663. The zero-order chi connectivity index (χ0) is 23.4. The van der Waals surface area contributed by atoms with Crippen molar-refractivity contribution < 1.29 is 24.2 Å². The maximum absolute atomic E-state index is 13.2. The second kappa shape index (κ2) is 11.2. The van der Waals surface area contributed by atoms with Gasteiger partial charge in [0.25, 0.3) is 0 Å². The van der Waals surface area contributed by atoms with E-state index in [0.717, 1.165) is 25.9 Å². The minimum Gasteiger partial charge on any atom is -0.389 e. The SMILES string of the molecule is O=C(C[C@H]1CC[C@@H]2[C@H](COC[C@@H](O)CN2C(=O)Nc2cc(Cl)cc(Cl)c2)O1)N1CCCCC1. The van der Waals surface area contributed by atoms with Gasteiger partial charge in [0.2, 0.25) is 5.91 Å². The maximum atomic E-state index is 13.2. The summed E-state index contributed by atoms with van der Waals surface area (Å²) in [5.74, 6) is 0.132. The summed E-state index contributed by atoms with van der Waals surface area (Å²) in [5.41, 5.74) is 0.476. The zero-order valence-corrected chi connectivity index (χ0v) is 20.1. The zero-order valence-electron chi connectivity index (χ0n) is 18.6. The van der Waals surface area contributed by atoms with Crippen molar-refractivity contribution in [2.45, 2.75) is 62.9 Å². The van der Waals surface area contributed by atoms with Crippen LogP contribution in [0.25, 0.3) is 0 Å². The predicted molar refractivity (Wildman–Crippen MR) is 126 cm³/mol. The molecule has 0 saturated carbocycles. The second-order valence-electron chi connectivity index (χ2n) is 9.02. The molecule has 3 heterocycles. The number of hydrogen-bond acceptors (Lipinski definition) is 5. The minimum atomic E-state index is -0.807. The Kier molecular flexibility index (Phi) is 8.35. The van der Waals surface area contributed by atoms with Crippen molar-refractivity contribution in [3.05, 3.63) is 28.2 Å². The molecule has 10 heteroatoms. The number of carbonyl (C=O) groups is 2. The van der Waals surface area contributed by atoms with Gasteiger partial charge >= 0.3 is 6.03 Å². The van der Waals surface area contributed by atoms with E-state index in [4.69, 9.17) is 32.7 Å². The first-order valence-electron chi connectivity index (χ1n) is 11.6. The molecule has 1 aromatic carbocycles. The number of amides is 3. The molecule has 33 heavy (non-hydrogen) atoms. The van der Waals surface area contributed by atoms with E-state index in [-0.39, 0.29) is 49.9 Å². The number of urea groups is 1. The number of hydrogen-bond donors (Lipinski definition) is 2. The monoisotopic (exact) mass is 499 g/mol. The number of rotatable bonds is 3. The summed E-state index contributed by atoms with van der Waals surface area (Å²) in [6, 6.07) is 4.18. The molecule has 8 nitrogen and oxygen atoms in total. The summed E-state index contributed by atoms with van der Waals surface area (Å²) >= 11 is 12.1. The summed E-state index contributed by atoms with van der Waals surface area (Å²) in [6.45, 7) is 2.11. The Balaban J connectivity index is 1.42. The van der Waals surface area contributed by atoms with Crippen LogP contribution in [-0.2, 0) is 14.3 Å². The number of fused-ring (bicyclic) bond motifs is 1. The molecule has 3 aliphatic rings. The Labute approximate surface area is 204 Å². The first-order chi connectivity index (χ1) is 15.9. The van der Waals surface area contributed by atoms with Gasteiger partial charge in [-0.2, -0.15) is 0 Å². The third kappa shape index (κ3) is 6.51. The van der Waals surface area contributed by atoms with Crippen LogP contribution in [0, 0.1) is 0 Å². The van der Waals surface area contributed by atoms with Gasteiger partial charge in [-0.05, 0) is 50.3 Å². The average Bonchev–Trinajstić information content (AvgIpc) is 2.76. The summed E-state index contributed by atoms with van der Waals surface area (Å²) in [4.78, 5) is 29.4. The Morgan fingerprint density at radius 3 is 2.52 bits per heavy atom. The number of anilines is 1. The van der Waals surface area contributed by atoms with Crippen molar-refractivity contribution in [2.75, 3.05) is 38.2 Å². The standard InChI is InChI=1S/C23H31Cl2N3O5/c24-15-8-16(25)10-17(9-15)26-23(31)28-12-18(29)13-32-14-21-20(28)5-4-19(33-21)11-22(30)27-6-2-1-3-7-27/h8-10,18-21,29H,1-7,11-14H2,(H,26,31)/t18-,19+,20+,21-/m0/s1. The number of β-amino-alcohol motifs (C(OH)–C–C–N with tert-alkyl or cyclic N) is 1. The van der Waals surface area contributed by atoms with Crippen molar-refractivity contribution >= 4 is 40.8 Å². The largest absolute Gasteiger partial charge is 0.389 e. The van der Waals surface area contributed by atoms with Crippen LogP contribution in [0.4, 0.5) is 10.5 Å². The van der Waals surface area contributed by atoms with Crippen molar-refractivity contribution in [2.24, 2.45) is 0 Å². The van der Waals surface area contributed by atoms with Gasteiger partial charge in [-0.25, -0.2) is 4.79 Å². The number of nitrogens with zero attached hydrogens (tertiary/aromatic N) is 2. The number of aliphatic hydroxyl groups is 1. The molecular formula is C23H31Cl2N3O5. The van der Waals surface area contributed by atoms with Gasteiger partial charge in [0.05, 0.1) is 44.4 Å². The van der Waals surface area contributed by atoms with Gasteiger partial charge < -0.3 is 29.7 Å². The van der Waals surface area contributed by atoms with Gasteiger partial charge in [0.15, 0.2) is 0 Å². The third-order valence-corrected chi connectivity index (χ3v) is 6.90. The van der Waals surface area contributed by atoms with Crippen LogP contribution in [-0.4, -0.2) is 84.0 Å². The molecule has 0 unspecified atom stereocenters. The number of benzene rings is 1. The maximum Gasteiger partial charge on any atom is 0.322 e. The first kappa shape index (κ1) is 24.5. The van der Waals surface area contributed by atoms with Crippen LogP contribution in [0.2, 0.25) is 10.0 Å². The Hall–Kier alpha value is -1.58. The fourth-order valence-corrected chi connectivity index (χ4v) is 5.39. The summed E-state index contributed by atoms with van der Waals surface area (Å²) in [6.07, 6.45) is 3.56. The second-order valence-corrected chi connectivity index (χ2v) is 9.89. The number of halogens is 2. The lowest BCUT2D eigenvalue weighted by molar-refractivity contribution is -0.154. The molecule has 3 amide bonds. The number of piperidine rings is 1. The Bertz CT molecular complexity index is 831. The summed E-state index contributed by atoms with van der Waals surface area (Å²) < 4.78 is 11.9. The third-order valence-electron chi connectivity index (χ3n) is 6.47. The highest BCUT2D eigenvalue weighted by molar-refractivity contribution is 6.35. The molecule has 0 radical (unpaired) electrons. The molecule has 3 saturated heterocycles. The van der Waals surface area contributed by atoms with Crippen molar-refractivity contribution in [3.8, 4) is 0 Å². The van der Waals surface area contributed by atoms with E-state index in [0.29, 0.717) is 35.0 Å². The molecule has 4 rings (SSSR count). The predicted octanol–water partition coefficient (Wildman–Crippen LogP) is 3.54. The lowest BCUT2D eigenvalue weighted by atomic mass is 9.94. The molecule has 0 bridgehead atoms. The van der Waals surface area contributed by atoms with Crippen LogP contribution in [0.3, 0.4) is 0 Å². The highest BCUT2D eigenvalue weighted by Crippen LogP contribution is 2.29. The number of nitrogens with one attached hydrogen (secondary N) is 1. The van der Waals surface area contributed by atoms with Gasteiger partial charge in [0, 0.05) is 28.8 Å². The fraction of sp³-hybridized carbons (Fsp3) is 0.652. The molecule has 0 aliphatic carbocycles. The van der Waals surface area contributed by atoms with E-state index >= 15 is 0 Å². The topological polar surface area (TPSA) is 91.3 Å². The minimum absolute atomic E-state index is 0.108. The van der Waals surface area contributed by atoms with Crippen molar-refractivity contribution in [1.82, 2.24) is 9.80 Å². The normalized spacial score (nSPS) is 28.5. The molecular weight excluding hydrogens is 469 g/mol. The highest BCUT2D eigenvalue weighted by atomic mass is 35.5. The van der Waals surface area contributed by atoms with E-state index in [1.807, 2.05) is 4.90 Å².